The molecule has 2 N–H and O–H groups in total. The zero-order valence-corrected chi connectivity index (χ0v) is 12.2. The summed E-state index contributed by atoms with van der Waals surface area (Å²) in [5.74, 6) is 0.728. The summed E-state index contributed by atoms with van der Waals surface area (Å²) in [5, 5.41) is 1.26. The summed E-state index contributed by atoms with van der Waals surface area (Å²) < 4.78 is 0. The molecule has 4 heteroatoms. The van der Waals surface area contributed by atoms with Gasteiger partial charge in [-0.15, -0.1) is 0 Å². The lowest BCUT2D eigenvalue weighted by Crippen LogP contribution is -2.40. The van der Waals surface area contributed by atoms with Crippen LogP contribution in [0.2, 0.25) is 10.0 Å². The predicted octanol–water partition coefficient (Wildman–Crippen LogP) is 3.73. The van der Waals surface area contributed by atoms with Gasteiger partial charge in [-0.25, -0.2) is 0 Å². The Morgan fingerprint density at radius 3 is 2.89 bits per heavy atom. The Labute approximate surface area is 119 Å². The van der Waals surface area contributed by atoms with Gasteiger partial charge in [0.1, 0.15) is 0 Å². The van der Waals surface area contributed by atoms with E-state index in [0.717, 1.165) is 24.6 Å². The van der Waals surface area contributed by atoms with Crippen molar-refractivity contribution in [1.82, 2.24) is 4.90 Å². The maximum Gasteiger partial charge on any atom is 0.0640 e. The van der Waals surface area contributed by atoms with Gasteiger partial charge in [-0.1, -0.05) is 42.3 Å². The highest BCUT2D eigenvalue weighted by Crippen LogP contribution is 2.34. The van der Waals surface area contributed by atoms with E-state index in [2.05, 4.69) is 11.8 Å². The van der Waals surface area contributed by atoms with Crippen molar-refractivity contribution in [2.75, 3.05) is 19.6 Å². The Balaban J connectivity index is 2.24. The smallest absolute Gasteiger partial charge is 0.0640 e. The van der Waals surface area contributed by atoms with Crippen LogP contribution in [0.15, 0.2) is 18.2 Å². The van der Waals surface area contributed by atoms with Gasteiger partial charge in [-0.3, -0.25) is 4.90 Å². The van der Waals surface area contributed by atoms with Crippen LogP contribution in [0.3, 0.4) is 0 Å². The van der Waals surface area contributed by atoms with E-state index in [4.69, 9.17) is 28.9 Å². The van der Waals surface area contributed by atoms with Gasteiger partial charge in [0, 0.05) is 19.1 Å². The number of nitrogens with zero attached hydrogens (tertiary/aromatic N) is 1. The van der Waals surface area contributed by atoms with E-state index in [1.807, 2.05) is 18.2 Å². The number of likely N-dealkylation sites (tertiary alicyclic amines) is 1. The van der Waals surface area contributed by atoms with Gasteiger partial charge in [0.15, 0.2) is 0 Å². The number of nitrogens with two attached hydrogens (primary N) is 1. The summed E-state index contributed by atoms with van der Waals surface area (Å²) in [6.45, 7) is 5.05. The Morgan fingerprint density at radius 1 is 1.44 bits per heavy atom. The third-order valence-corrected chi connectivity index (χ3v) is 4.53. The topological polar surface area (TPSA) is 29.3 Å². The van der Waals surface area contributed by atoms with Crippen molar-refractivity contribution in [2.24, 2.45) is 11.7 Å². The van der Waals surface area contributed by atoms with E-state index in [-0.39, 0.29) is 6.04 Å². The molecule has 0 aliphatic carbocycles. The van der Waals surface area contributed by atoms with Gasteiger partial charge in [0.25, 0.3) is 0 Å². The second-order valence-electron chi connectivity index (χ2n) is 5.14. The highest BCUT2D eigenvalue weighted by Gasteiger charge is 2.25. The molecule has 0 aromatic heterocycles. The summed E-state index contributed by atoms with van der Waals surface area (Å²) in [7, 11) is 0. The number of halogens is 2. The molecule has 1 heterocycles. The minimum atomic E-state index is 0.180. The van der Waals surface area contributed by atoms with E-state index >= 15 is 0 Å². The van der Waals surface area contributed by atoms with E-state index < -0.39 is 0 Å². The first-order valence-electron chi connectivity index (χ1n) is 6.51. The summed E-state index contributed by atoms with van der Waals surface area (Å²) >= 11 is 12.4. The van der Waals surface area contributed by atoms with Gasteiger partial charge in [0.05, 0.1) is 10.0 Å². The number of benzene rings is 1. The molecule has 0 amide bonds. The van der Waals surface area contributed by atoms with Crippen LogP contribution < -0.4 is 5.73 Å². The lowest BCUT2D eigenvalue weighted by atomic mass is 9.96. The minimum Gasteiger partial charge on any atom is -0.329 e. The molecule has 2 nitrogen and oxygen atoms in total. The largest absolute Gasteiger partial charge is 0.329 e. The molecule has 1 aliphatic heterocycles. The minimum absolute atomic E-state index is 0.180. The summed E-state index contributed by atoms with van der Waals surface area (Å²) in [6.07, 6.45) is 2.53. The Morgan fingerprint density at radius 2 is 2.22 bits per heavy atom. The summed E-state index contributed by atoms with van der Waals surface area (Å²) in [4.78, 5) is 2.44. The Hall–Kier alpha value is -0.280. The molecule has 0 bridgehead atoms. The van der Waals surface area contributed by atoms with Gasteiger partial charge in [-0.2, -0.15) is 0 Å². The monoisotopic (exact) mass is 286 g/mol. The molecule has 2 atom stereocenters. The first-order chi connectivity index (χ1) is 8.63. The lowest BCUT2D eigenvalue weighted by Gasteiger charge is -2.37. The maximum absolute atomic E-state index is 6.31. The first kappa shape index (κ1) is 14.1. The molecular weight excluding hydrogens is 267 g/mol. The number of hydrogen-bond acceptors (Lipinski definition) is 2. The number of hydrogen-bond donors (Lipinski definition) is 1. The number of rotatable bonds is 3. The van der Waals surface area contributed by atoms with Crippen molar-refractivity contribution < 1.29 is 0 Å². The van der Waals surface area contributed by atoms with Crippen LogP contribution in [0.25, 0.3) is 0 Å². The van der Waals surface area contributed by atoms with Crippen molar-refractivity contribution in [2.45, 2.75) is 25.8 Å². The second kappa shape index (κ2) is 6.25. The maximum atomic E-state index is 6.31. The van der Waals surface area contributed by atoms with Crippen LogP contribution in [0.1, 0.15) is 31.4 Å². The highest BCUT2D eigenvalue weighted by atomic mass is 35.5. The van der Waals surface area contributed by atoms with Gasteiger partial charge in [-0.05, 0) is 36.9 Å². The van der Waals surface area contributed by atoms with Crippen molar-refractivity contribution >= 4 is 23.2 Å². The Kier molecular flexibility index (Phi) is 4.91. The van der Waals surface area contributed by atoms with Crippen LogP contribution >= 0.6 is 23.2 Å². The molecule has 18 heavy (non-hydrogen) atoms. The molecule has 0 unspecified atom stereocenters. The fourth-order valence-corrected chi connectivity index (χ4v) is 3.19. The summed E-state index contributed by atoms with van der Waals surface area (Å²) in [6, 6.07) is 5.98. The van der Waals surface area contributed by atoms with E-state index in [9.17, 15) is 0 Å². The second-order valence-corrected chi connectivity index (χ2v) is 5.92. The van der Waals surface area contributed by atoms with E-state index in [1.165, 1.54) is 12.8 Å². The number of piperidine rings is 1. The molecule has 100 valence electrons. The molecule has 0 spiro atoms. The summed E-state index contributed by atoms with van der Waals surface area (Å²) in [5.41, 5.74) is 7.01. The molecule has 1 aromatic carbocycles. The zero-order valence-electron chi connectivity index (χ0n) is 10.7. The van der Waals surface area contributed by atoms with Gasteiger partial charge >= 0.3 is 0 Å². The zero-order chi connectivity index (χ0) is 13.1. The van der Waals surface area contributed by atoms with Crippen LogP contribution in [-0.4, -0.2) is 24.5 Å². The fourth-order valence-electron chi connectivity index (χ4n) is 2.76. The average molecular weight is 287 g/mol. The van der Waals surface area contributed by atoms with E-state index in [0.29, 0.717) is 16.6 Å². The van der Waals surface area contributed by atoms with Gasteiger partial charge in [0.2, 0.25) is 0 Å². The quantitative estimate of drug-likeness (QED) is 0.918. The van der Waals surface area contributed by atoms with Crippen LogP contribution in [0.5, 0.6) is 0 Å². The van der Waals surface area contributed by atoms with Crippen LogP contribution in [0.4, 0.5) is 0 Å². The molecular formula is C14H20Cl2N2. The lowest BCUT2D eigenvalue weighted by molar-refractivity contribution is 0.133. The third-order valence-electron chi connectivity index (χ3n) is 3.69. The van der Waals surface area contributed by atoms with Crippen LogP contribution in [-0.2, 0) is 0 Å². The van der Waals surface area contributed by atoms with Gasteiger partial charge < -0.3 is 5.73 Å². The molecule has 1 saturated heterocycles. The van der Waals surface area contributed by atoms with Crippen molar-refractivity contribution in [3.8, 4) is 0 Å². The predicted molar refractivity (Wildman–Crippen MR) is 78.2 cm³/mol. The van der Waals surface area contributed by atoms with Crippen LogP contribution in [0, 0.1) is 5.92 Å². The standard InChI is InChI=1S/C14H20Cl2N2/c1-10-4-3-7-18(9-10)13(8-17)11-5-2-6-12(15)14(11)16/h2,5-6,10,13H,3-4,7-9,17H2,1H3/t10-,13-/m0/s1. The van der Waals surface area contributed by atoms with Crippen molar-refractivity contribution in [3.05, 3.63) is 33.8 Å². The third kappa shape index (κ3) is 3.00. The fraction of sp³-hybridized carbons (Fsp3) is 0.571. The Bertz CT molecular complexity index is 409. The molecule has 1 fully saturated rings. The molecule has 0 radical (unpaired) electrons. The molecule has 2 rings (SSSR count). The highest BCUT2D eigenvalue weighted by molar-refractivity contribution is 6.42. The van der Waals surface area contributed by atoms with Crippen molar-refractivity contribution in [3.63, 3.8) is 0 Å². The molecule has 1 aromatic rings. The van der Waals surface area contributed by atoms with E-state index in [1.54, 1.807) is 0 Å². The molecule has 1 aliphatic rings. The van der Waals surface area contributed by atoms with Crippen molar-refractivity contribution in [1.29, 1.82) is 0 Å². The molecule has 0 saturated carbocycles. The average Bonchev–Trinajstić information content (AvgIpc) is 2.35. The normalized spacial score (nSPS) is 23.0. The first-order valence-corrected chi connectivity index (χ1v) is 7.27. The SMILES string of the molecule is C[C@H]1CCCN([C@@H](CN)c2cccc(Cl)c2Cl)C1.